The van der Waals surface area contributed by atoms with Crippen molar-refractivity contribution in [3.8, 4) is 0 Å². The second-order valence-electron chi connectivity index (χ2n) is 13.2. The molecule has 10 heteroatoms. The maximum absolute atomic E-state index is 12.6. The maximum Gasteiger partial charge on any atom is 0.306 e. The topological polar surface area (TPSA) is 111 Å². The molecule has 0 aromatic rings. The van der Waals surface area contributed by atoms with E-state index in [1.54, 1.807) is 0 Å². The summed E-state index contributed by atoms with van der Waals surface area (Å²) in [6.07, 6.45) is 35.6. The number of phosphoric acid groups is 1. The number of hydrogen-bond acceptors (Lipinski definition) is 8. The van der Waals surface area contributed by atoms with Crippen LogP contribution in [-0.4, -0.2) is 70.0 Å². The van der Waals surface area contributed by atoms with Crippen molar-refractivity contribution in [2.45, 2.75) is 129 Å². The fourth-order valence-corrected chi connectivity index (χ4v) is 5.12. The highest BCUT2D eigenvalue weighted by Gasteiger charge is 2.21. The van der Waals surface area contributed by atoms with Gasteiger partial charge in [-0.1, -0.05) is 120 Å². The van der Waals surface area contributed by atoms with Gasteiger partial charge < -0.3 is 27.9 Å². The van der Waals surface area contributed by atoms with Crippen LogP contribution in [-0.2, 0) is 32.7 Å². The molecular weight excluding hydrogens is 641 g/mol. The van der Waals surface area contributed by atoms with Crippen molar-refractivity contribution in [3.05, 3.63) is 60.8 Å². The van der Waals surface area contributed by atoms with Crippen LogP contribution in [0.5, 0.6) is 0 Å². The predicted octanol–water partition coefficient (Wildman–Crippen LogP) is 9.10. The van der Waals surface area contributed by atoms with Crippen LogP contribution in [0.4, 0.5) is 0 Å². The van der Waals surface area contributed by atoms with E-state index in [0.717, 1.165) is 57.8 Å². The molecule has 0 fully saturated rings. The van der Waals surface area contributed by atoms with E-state index in [1.807, 2.05) is 27.2 Å². The third-order valence-corrected chi connectivity index (χ3v) is 8.27. The first kappa shape index (κ1) is 46.7. The van der Waals surface area contributed by atoms with Crippen molar-refractivity contribution in [2.24, 2.45) is 0 Å². The van der Waals surface area contributed by atoms with E-state index < -0.39 is 32.5 Å². The van der Waals surface area contributed by atoms with Crippen molar-refractivity contribution < 1.29 is 42.1 Å². The molecule has 0 aliphatic heterocycles. The first-order chi connectivity index (χ1) is 23.5. The van der Waals surface area contributed by atoms with Crippen molar-refractivity contribution >= 4 is 19.8 Å². The van der Waals surface area contributed by atoms with Gasteiger partial charge in [0, 0.05) is 12.8 Å². The molecule has 0 spiro atoms. The van der Waals surface area contributed by atoms with Crippen molar-refractivity contribution in [1.82, 2.24) is 0 Å². The normalized spacial score (nSPS) is 14.5. The van der Waals surface area contributed by atoms with Gasteiger partial charge in [-0.15, -0.1) is 0 Å². The van der Waals surface area contributed by atoms with Gasteiger partial charge in [-0.05, 0) is 51.4 Å². The standard InChI is InChI=1S/C39H68NO8P/c1-6-8-10-12-14-16-17-18-19-20-21-22-23-24-26-28-30-32-39(42)48-37(36-47-49(43,44)46-34-33-40(3,4)5)35-45-38(41)31-29-27-25-15-13-11-9-7-2/h8,10,14,16,18-19,21-22,24,26,37H,6-7,9,11-13,15,17,20,23,25,27-36H2,1-5H3/b10-8+,16-14+,19-18+,22-21+,26-24+/t37-/m1/s1. The van der Waals surface area contributed by atoms with Gasteiger partial charge in [-0.3, -0.25) is 14.2 Å². The smallest absolute Gasteiger partial charge is 0.306 e. The molecule has 0 aromatic carbocycles. The van der Waals surface area contributed by atoms with E-state index in [9.17, 15) is 19.0 Å². The lowest BCUT2D eigenvalue weighted by molar-refractivity contribution is -0.870. The van der Waals surface area contributed by atoms with Gasteiger partial charge in [0.15, 0.2) is 6.10 Å². The van der Waals surface area contributed by atoms with E-state index in [1.165, 1.54) is 25.7 Å². The Hall–Kier alpha value is -2.29. The van der Waals surface area contributed by atoms with Crippen molar-refractivity contribution in [2.75, 3.05) is 47.5 Å². The van der Waals surface area contributed by atoms with E-state index in [0.29, 0.717) is 23.9 Å². The lowest BCUT2D eigenvalue weighted by Crippen LogP contribution is -2.37. The number of nitrogens with zero attached hydrogens (tertiary/aromatic N) is 1. The fraction of sp³-hybridized carbons (Fsp3) is 0.692. The third-order valence-electron chi connectivity index (χ3n) is 7.30. The van der Waals surface area contributed by atoms with Crippen molar-refractivity contribution in [1.29, 1.82) is 0 Å². The van der Waals surface area contributed by atoms with E-state index in [2.05, 4.69) is 68.5 Å². The average molecular weight is 710 g/mol. The highest BCUT2D eigenvalue weighted by molar-refractivity contribution is 7.45. The van der Waals surface area contributed by atoms with Gasteiger partial charge in [-0.25, -0.2) is 0 Å². The number of phosphoric ester groups is 1. The van der Waals surface area contributed by atoms with Crippen LogP contribution in [0, 0.1) is 0 Å². The number of likely N-dealkylation sites (N-methyl/N-ethyl adjacent to an activating group) is 1. The molecule has 0 rings (SSSR count). The van der Waals surface area contributed by atoms with E-state index in [4.69, 9.17) is 18.5 Å². The van der Waals surface area contributed by atoms with Crippen LogP contribution in [0.25, 0.3) is 0 Å². The largest absolute Gasteiger partial charge is 0.756 e. The molecule has 1 unspecified atom stereocenters. The van der Waals surface area contributed by atoms with Crippen LogP contribution < -0.4 is 4.89 Å². The minimum absolute atomic E-state index is 0.0435. The highest BCUT2D eigenvalue weighted by Crippen LogP contribution is 2.38. The molecule has 0 heterocycles. The fourth-order valence-electron chi connectivity index (χ4n) is 4.39. The minimum atomic E-state index is -4.63. The summed E-state index contributed by atoms with van der Waals surface area (Å²) in [5.41, 5.74) is 0. The second-order valence-corrected chi connectivity index (χ2v) is 14.6. The number of ether oxygens (including phenoxy) is 2. The summed E-state index contributed by atoms with van der Waals surface area (Å²) in [6.45, 7) is 3.97. The van der Waals surface area contributed by atoms with Crippen LogP contribution in [0.3, 0.4) is 0 Å². The molecule has 0 N–H and O–H groups in total. The van der Waals surface area contributed by atoms with Gasteiger partial charge >= 0.3 is 11.9 Å². The number of quaternary nitrogens is 1. The lowest BCUT2D eigenvalue weighted by atomic mass is 10.1. The number of unbranched alkanes of at least 4 members (excludes halogenated alkanes) is 8. The summed E-state index contributed by atoms with van der Waals surface area (Å²) in [4.78, 5) is 37.2. The Morgan fingerprint density at radius 1 is 0.653 bits per heavy atom. The zero-order chi connectivity index (χ0) is 36.5. The first-order valence-corrected chi connectivity index (χ1v) is 20.0. The predicted molar refractivity (Wildman–Crippen MR) is 199 cm³/mol. The lowest BCUT2D eigenvalue weighted by Gasteiger charge is -2.28. The molecule has 9 nitrogen and oxygen atoms in total. The van der Waals surface area contributed by atoms with Crippen LogP contribution in [0.2, 0.25) is 0 Å². The number of rotatable bonds is 32. The molecule has 0 aromatic heterocycles. The molecule has 0 amide bonds. The Morgan fingerprint density at radius 3 is 1.71 bits per heavy atom. The number of carbonyl (C=O) groups is 2. The van der Waals surface area contributed by atoms with Gasteiger partial charge in [0.2, 0.25) is 0 Å². The monoisotopic (exact) mass is 709 g/mol. The summed E-state index contributed by atoms with van der Waals surface area (Å²) in [5, 5.41) is 0. The van der Waals surface area contributed by atoms with Gasteiger partial charge in [0.25, 0.3) is 7.82 Å². The molecule has 0 aliphatic rings. The highest BCUT2D eigenvalue weighted by atomic mass is 31.2. The Labute approximate surface area is 298 Å². The zero-order valence-electron chi connectivity index (χ0n) is 31.4. The molecule has 0 saturated heterocycles. The summed E-state index contributed by atoms with van der Waals surface area (Å²) in [6, 6.07) is 0. The maximum atomic E-state index is 12.6. The Kier molecular flexibility index (Phi) is 30.2. The molecule has 282 valence electrons. The summed E-state index contributed by atoms with van der Waals surface area (Å²) in [5.74, 6) is -0.915. The minimum Gasteiger partial charge on any atom is -0.756 e. The number of hydrogen-bond donors (Lipinski definition) is 0. The molecule has 49 heavy (non-hydrogen) atoms. The zero-order valence-corrected chi connectivity index (χ0v) is 32.3. The Bertz CT molecular complexity index is 1030. The molecule has 2 atom stereocenters. The van der Waals surface area contributed by atoms with Gasteiger partial charge in [-0.2, -0.15) is 0 Å². The van der Waals surface area contributed by atoms with Crippen LogP contribution in [0.15, 0.2) is 60.8 Å². The summed E-state index contributed by atoms with van der Waals surface area (Å²) >= 11 is 0. The molecule has 0 saturated carbocycles. The number of esters is 2. The van der Waals surface area contributed by atoms with E-state index >= 15 is 0 Å². The second kappa shape index (κ2) is 31.7. The number of carbonyl (C=O) groups excluding carboxylic acids is 2. The van der Waals surface area contributed by atoms with Crippen LogP contribution in [0.1, 0.15) is 123 Å². The molecular formula is C39H68NO8P. The molecule has 0 bridgehead atoms. The SMILES string of the molecule is CC/C=C/C/C=C/C/C=C/C/C=C/C/C=C/CCCC(=O)O[C@H](COC(=O)CCCCCCCCCC)COP(=O)([O-])OCC[N+](C)(C)C. The molecule has 0 radical (unpaired) electrons. The van der Waals surface area contributed by atoms with Crippen LogP contribution >= 0.6 is 7.82 Å². The Morgan fingerprint density at radius 2 is 1.16 bits per heavy atom. The van der Waals surface area contributed by atoms with Gasteiger partial charge in [0.05, 0.1) is 27.7 Å². The molecule has 0 aliphatic carbocycles. The van der Waals surface area contributed by atoms with Gasteiger partial charge in [0.1, 0.15) is 19.8 Å². The summed E-state index contributed by atoms with van der Waals surface area (Å²) in [7, 11) is 1.12. The quantitative estimate of drug-likeness (QED) is 0.0224. The number of allylic oxidation sites excluding steroid dienone is 10. The van der Waals surface area contributed by atoms with E-state index in [-0.39, 0.29) is 26.1 Å². The third kappa shape index (κ3) is 35.3. The first-order valence-electron chi connectivity index (χ1n) is 18.5. The van der Waals surface area contributed by atoms with Crippen molar-refractivity contribution in [3.63, 3.8) is 0 Å². The Balaban J connectivity index is 4.55. The average Bonchev–Trinajstić information content (AvgIpc) is 3.04. The summed E-state index contributed by atoms with van der Waals surface area (Å²) < 4.78 is 33.6.